The first-order chi connectivity index (χ1) is 7.18. The number of benzene rings is 1. The van der Waals surface area contributed by atoms with Gasteiger partial charge in [0.1, 0.15) is 11.6 Å². The van der Waals surface area contributed by atoms with E-state index < -0.39 is 5.82 Å². The van der Waals surface area contributed by atoms with Crippen LogP contribution in [0.1, 0.15) is 5.56 Å². The van der Waals surface area contributed by atoms with E-state index >= 15 is 0 Å². The van der Waals surface area contributed by atoms with Crippen molar-refractivity contribution in [1.29, 1.82) is 0 Å². The highest BCUT2D eigenvalue weighted by atomic mass is 19.1. The third-order valence-corrected chi connectivity index (χ3v) is 2.17. The molecule has 2 aromatic rings. The van der Waals surface area contributed by atoms with Crippen LogP contribution in [0.2, 0.25) is 0 Å². The Balaban J connectivity index is 2.60. The summed E-state index contributed by atoms with van der Waals surface area (Å²) < 4.78 is 26.2. The van der Waals surface area contributed by atoms with Crippen LogP contribution in [0.4, 0.5) is 8.78 Å². The minimum absolute atomic E-state index is 0.347. The molecule has 1 heterocycles. The van der Waals surface area contributed by atoms with Crippen LogP contribution in [0.15, 0.2) is 36.5 Å². The molecule has 0 radical (unpaired) electrons. The first-order valence-electron chi connectivity index (χ1n) is 4.55. The van der Waals surface area contributed by atoms with Crippen molar-refractivity contribution in [1.82, 2.24) is 4.98 Å². The van der Waals surface area contributed by atoms with E-state index in [2.05, 4.69) is 4.98 Å². The van der Waals surface area contributed by atoms with Gasteiger partial charge in [-0.05, 0) is 30.7 Å². The lowest BCUT2D eigenvalue weighted by atomic mass is 10.1. The third kappa shape index (κ3) is 1.86. The Hall–Kier alpha value is -1.77. The average Bonchev–Trinajstić information content (AvgIpc) is 2.20. The van der Waals surface area contributed by atoms with Crippen molar-refractivity contribution in [2.24, 2.45) is 0 Å². The number of pyridine rings is 1. The summed E-state index contributed by atoms with van der Waals surface area (Å²) >= 11 is 0. The van der Waals surface area contributed by atoms with Gasteiger partial charge in [0.05, 0.1) is 11.9 Å². The zero-order valence-corrected chi connectivity index (χ0v) is 8.17. The summed E-state index contributed by atoms with van der Waals surface area (Å²) in [6.07, 6.45) is 1.09. The number of aromatic nitrogens is 1. The summed E-state index contributed by atoms with van der Waals surface area (Å²) in [5.74, 6) is -0.757. The topological polar surface area (TPSA) is 12.9 Å². The predicted octanol–water partition coefficient (Wildman–Crippen LogP) is 3.34. The summed E-state index contributed by atoms with van der Waals surface area (Å²) in [7, 11) is 0. The lowest BCUT2D eigenvalue weighted by molar-refractivity contribution is 0.617. The van der Waals surface area contributed by atoms with E-state index in [-0.39, 0.29) is 5.82 Å². The zero-order chi connectivity index (χ0) is 10.8. The maximum Gasteiger partial charge on any atom is 0.141 e. The van der Waals surface area contributed by atoms with Gasteiger partial charge < -0.3 is 0 Å². The summed E-state index contributed by atoms with van der Waals surface area (Å²) in [5, 5.41) is 0. The van der Waals surface area contributed by atoms with Gasteiger partial charge in [-0.15, -0.1) is 0 Å². The lowest BCUT2D eigenvalue weighted by Crippen LogP contribution is -1.92. The van der Waals surface area contributed by atoms with Crippen LogP contribution in [0.25, 0.3) is 11.3 Å². The Labute approximate surface area is 86.4 Å². The molecular weight excluding hydrogens is 196 g/mol. The molecule has 2 rings (SSSR count). The fourth-order valence-electron chi connectivity index (χ4n) is 1.48. The van der Waals surface area contributed by atoms with Gasteiger partial charge in [0.15, 0.2) is 0 Å². The van der Waals surface area contributed by atoms with Gasteiger partial charge in [-0.25, -0.2) is 8.78 Å². The molecule has 0 bridgehead atoms. The van der Waals surface area contributed by atoms with E-state index in [9.17, 15) is 8.78 Å². The van der Waals surface area contributed by atoms with Crippen LogP contribution in [-0.2, 0) is 0 Å². The predicted molar refractivity (Wildman–Crippen MR) is 54.3 cm³/mol. The van der Waals surface area contributed by atoms with Crippen molar-refractivity contribution < 1.29 is 8.78 Å². The Kier molecular flexibility index (Phi) is 2.46. The van der Waals surface area contributed by atoms with Crippen LogP contribution < -0.4 is 0 Å². The molecule has 15 heavy (non-hydrogen) atoms. The van der Waals surface area contributed by atoms with E-state index in [0.29, 0.717) is 16.8 Å². The number of halogens is 2. The van der Waals surface area contributed by atoms with Gasteiger partial charge in [-0.3, -0.25) is 4.98 Å². The second-order valence-electron chi connectivity index (χ2n) is 3.30. The van der Waals surface area contributed by atoms with Gasteiger partial charge in [-0.1, -0.05) is 12.1 Å². The fourth-order valence-corrected chi connectivity index (χ4v) is 1.48. The van der Waals surface area contributed by atoms with Crippen molar-refractivity contribution in [3.8, 4) is 11.3 Å². The van der Waals surface area contributed by atoms with Crippen molar-refractivity contribution >= 4 is 0 Å². The van der Waals surface area contributed by atoms with E-state index in [1.165, 1.54) is 12.1 Å². The minimum Gasteiger partial charge on any atom is -0.253 e. The lowest BCUT2D eigenvalue weighted by Gasteiger charge is -2.05. The Bertz CT molecular complexity index is 495. The number of hydrogen-bond donors (Lipinski definition) is 0. The number of nitrogens with zero attached hydrogens (tertiary/aromatic N) is 1. The van der Waals surface area contributed by atoms with Crippen molar-refractivity contribution in [3.05, 3.63) is 53.7 Å². The average molecular weight is 205 g/mol. The molecule has 0 fully saturated rings. The molecule has 0 unspecified atom stereocenters. The molecule has 0 saturated carbocycles. The molecular formula is C12H9F2N. The summed E-state index contributed by atoms with van der Waals surface area (Å²) in [4.78, 5) is 3.89. The third-order valence-electron chi connectivity index (χ3n) is 2.17. The van der Waals surface area contributed by atoms with Gasteiger partial charge in [0, 0.05) is 5.56 Å². The van der Waals surface area contributed by atoms with Crippen molar-refractivity contribution in [2.45, 2.75) is 6.92 Å². The molecule has 1 aromatic carbocycles. The fraction of sp³-hybridized carbons (Fsp3) is 0.0833. The minimum atomic E-state index is -0.410. The highest BCUT2D eigenvalue weighted by Crippen LogP contribution is 2.23. The maximum absolute atomic E-state index is 13.4. The Morgan fingerprint density at radius 1 is 1.13 bits per heavy atom. The molecule has 0 aliphatic heterocycles. The Morgan fingerprint density at radius 2 is 1.87 bits per heavy atom. The maximum atomic E-state index is 13.4. The van der Waals surface area contributed by atoms with E-state index in [4.69, 9.17) is 0 Å². The molecule has 0 aliphatic carbocycles. The highest BCUT2D eigenvalue weighted by Gasteiger charge is 2.08. The molecule has 0 atom stereocenters. The van der Waals surface area contributed by atoms with Gasteiger partial charge in [0.2, 0.25) is 0 Å². The van der Waals surface area contributed by atoms with Crippen LogP contribution in [-0.4, -0.2) is 4.98 Å². The second kappa shape index (κ2) is 3.77. The van der Waals surface area contributed by atoms with E-state index in [1.54, 1.807) is 25.1 Å². The summed E-state index contributed by atoms with van der Waals surface area (Å²) in [6, 6.07) is 7.66. The standard InChI is InChI=1S/C12H9F2N/c1-8-6-9(13)7-15-12(8)10-4-2-3-5-11(10)14/h2-7H,1H3. The number of aryl methyl sites for hydroxylation is 1. The van der Waals surface area contributed by atoms with Crippen LogP contribution in [0.5, 0.6) is 0 Å². The number of rotatable bonds is 1. The second-order valence-corrected chi connectivity index (χ2v) is 3.30. The Morgan fingerprint density at radius 3 is 2.53 bits per heavy atom. The smallest absolute Gasteiger partial charge is 0.141 e. The molecule has 1 aromatic heterocycles. The van der Waals surface area contributed by atoms with Crippen LogP contribution >= 0.6 is 0 Å². The SMILES string of the molecule is Cc1cc(F)cnc1-c1ccccc1F. The monoisotopic (exact) mass is 205 g/mol. The molecule has 3 heteroatoms. The van der Waals surface area contributed by atoms with Gasteiger partial charge in [0.25, 0.3) is 0 Å². The molecule has 0 saturated heterocycles. The molecule has 0 aliphatic rings. The normalized spacial score (nSPS) is 10.3. The number of hydrogen-bond acceptors (Lipinski definition) is 1. The largest absolute Gasteiger partial charge is 0.253 e. The van der Waals surface area contributed by atoms with E-state index in [1.807, 2.05) is 0 Å². The molecule has 0 N–H and O–H groups in total. The van der Waals surface area contributed by atoms with Crippen LogP contribution in [0.3, 0.4) is 0 Å². The van der Waals surface area contributed by atoms with Gasteiger partial charge >= 0.3 is 0 Å². The van der Waals surface area contributed by atoms with E-state index in [0.717, 1.165) is 6.20 Å². The summed E-state index contributed by atoms with van der Waals surface area (Å²) in [5.41, 5.74) is 1.50. The van der Waals surface area contributed by atoms with Crippen molar-refractivity contribution in [3.63, 3.8) is 0 Å². The molecule has 0 spiro atoms. The first-order valence-corrected chi connectivity index (χ1v) is 4.55. The van der Waals surface area contributed by atoms with Crippen molar-refractivity contribution in [2.75, 3.05) is 0 Å². The quantitative estimate of drug-likeness (QED) is 0.695. The summed E-state index contributed by atoms with van der Waals surface area (Å²) in [6.45, 7) is 1.71. The zero-order valence-electron chi connectivity index (χ0n) is 8.17. The highest BCUT2D eigenvalue weighted by molar-refractivity contribution is 5.63. The van der Waals surface area contributed by atoms with Gasteiger partial charge in [-0.2, -0.15) is 0 Å². The van der Waals surface area contributed by atoms with Crippen LogP contribution in [0, 0.1) is 18.6 Å². The molecule has 76 valence electrons. The first kappa shape index (κ1) is 9.77. The molecule has 1 nitrogen and oxygen atoms in total. The molecule has 0 amide bonds.